The van der Waals surface area contributed by atoms with Crippen LogP contribution in [-0.4, -0.2) is 7.11 Å². The smallest absolute Gasteiger partial charge is 0.420 e. The van der Waals surface area contributed by atoms with Crippen LogP contribution in [-0.2, 0) is 6.18 Å². The van der Waals surface area contributed by atoms with E-state index in [4.69, 9.17) is 4.74 Å². The topological polar surface area (TPSA) is 9.23 Å². The number of ether oxygens (including phenoxy) is 1. The van der Waals surface area contributed by atoms with Gasteiger partial charge in [0, 0.05) is 3.57 Å². The molecule has 0 amide bonds. The van der Waals surface area contributed by atoms with Crippen LogP contribution < -0.4 is 4.74 Å². The molecule has 0 aliphatic heterocycles. The number of halogens is 4. The Morgan fingerprint density at radius 2 is 1.76 bits per heavy atom. The zero-order chi connectivity index (χ0) is 12.6. The first-order chi connectivity index (χ1) is 7.95. The summed E-state index contributed by atoms with van der Waals surface area (Å²) >= 11 is 2.02. The molecule has 2 aromatic carbocycles. The molecule has 0 radical (unpaired) electrons. The third-order valence-electron chi connectivity index (χ3n) is 2.47. The molecule has 0 aliphatic carbocycles. The summed E-state index contributed by atoms with van der Waals surface area (Å²) in [6.45, 7) is 0. The van der Waals surface area contributed by atoms with Gasteiger partial charge in [-0.05, 0) is 51.6 Å². The van der Waals surface area contributed by atoms with E-state index in [1.165, 1.54) is 19.2 Å². The van der Waals surface area contributed by atoms with Crippen molar-refractivity contribution in [3.63, 3.8) is 0 Å². The normalized spacial score (nSPS) is 11.8. The summed E-state index contributed by atoms with van der Waals surface area (Å²) in [6, 6.07) is 7.84. The van der Waals surface area contributed by atoms with Crippen LogP contribution in [0.3, 0.4) is 0 Å². The Bertz CT molecular complexity index is 563. The number of methoxy groups -OCH3 is 1. The Labute approximate surface area is 110 Å². The van der Waals surface area contributed by atoms with Gasteiger partial charge in [0.25, 0.3) is 0 Å². The minimum absolute atomic E-state index is 0.146. The molecule has 0 saturated heterocycles. The number of fused-ring (bicyclic) bond motifs is 1. The molecule has 0 bridgehead atoms. The molecule has 0 aliphatic rings. The predicted octanol–water partition coefficient (Wildman–Crippen LogP) is 4.47. The van der Waals surface area contributed by atoms with Crippen molar-refractivity contribution in [2.24, 2.45) is 0 Å². The van der Waals surface area contributed by atoms with Crippen LogP contribution in [0.1, 0.15) is 5.56 Å². The Morgan fingerprint density at radius 3 is 2.35 bits per heavy atom. The highest BCUT2D eigenvalue weighted by Gasteiger charge is 2.36. The van der Waals surface area contributed by atoms with Crippen LogP contribution in [0.5, 0.6) is 5.75 Å². The molecule has 1 nitrogen and oxygen atoms in total. The van der Waals surface area contributed by atoms with Crippen molar-refractivity contribution >= 4 is 33.4 Å². The van der Waals surface area contributed by atoms with Gasteiger partial charge in [0.2, 0.25) is 0 Å². The van der Waals surface area contributed by atoms with Gasteiger partial charge >= 0.3 is 6.18 Å². The fourth-order valence-electron chi connectivity index (χ4n) is 1.76. The first kappa shape index (κ1) is 12.5. The van der Waals surface area contributed by atoms with Gasteiger partial charge in [-0.3, -0.25) is 0 Å². The second kappa shape index (κ2) is 4.36. The van der Waals surface area contributed by atoms with Crippen LogP contribution in [0, 0.1) is 3.57 Å². The van der Waals surface area contributed by atoms with E-state index in [1.807, 2.05) is 22.6 Å². The summed E-state index contributed by atoms with van der Waals surface area (Å²) in [5.74, 6) is -0.146. The van der Waals surface area contributed by atoms with Gasteiger partial charge in [0.1, 0.15) is 11.3 Å². The quantitative estimate of drug-likeness (QED) is 0.688. The van der Waals surface area contributed by atoms with E-state index in [0.717, 1.165) is 3.57 Å². The largest absolute Gasteiger partial charge is 0.496 e. The molecule has 0 saturated carbocycles. The molecule has 0 spiro atoms. The Balaban J connectivity index is 2.89. The molecular weight excluding hydrogens is 344 g/mol. The summed E-state index contributed by atoms with van der Waals surface area (Å²) in [7, 11) is 1.24. The molecular formula is C12H8F3IO. The second-order valence-corrected chi connectivity index (χ2v) is 4.64. The highest BCUT2D eigenvalue weighted by molar-refractivity contribution is 14.1. The third kappa shape index (κ3) is 2.20. The molecule has 0 heterocycles. The predicted molar refractivity (Wildman–Crippen MR) is 68.2 cm³/mol. The third-order valence-corrected chi connectivity index (χ3v) is 3.41. The Hall–Kier alpha value is -0.980. The molecule has 90 valence electrons. The number of alkyl halides is 3. The minimum Gasteiger partial charge on any atom is -0.496 e. The number of hydrogen-bond acceptors (Lipinski definition) is 1. The van der Waals surface area contributed by atoms with Gasteiger partial charge in [-0.25, -0.2) is 0 Å². The fraction of sp³-hybridized carbons (Fsp3) is 0.167. The van der Waals surface area contributed by atoms with Crippen molar-refractivity contribution < 1.29 is 17.9 Å². The lowest BCUT2D eigenvalue weighted by atomic mass is 10.0. The molecule has 0 unspecified atom stereocenters. The van der Waals surface area contributed by atoms with Crippen molar-refractivity contribution in [2.45, 2.75) is 6.18 Å². The van der Waals surface area contributed by atoms with Crippen LogP contribution in [0.15, 0.2) is 30.3 Å². The van der Waals surface area contributed by atoms with E-state index < -0.39 is 11.7 Å². The molecule has 0 atom stereocenters. The maximum absolute atomic E-state index is 13.0. The van der Waals surface area contributed by atoms with E-state index in [1.54, 1.807) is 18.2 Å². The fourth-order valence-corrected chi connectivity index (χ4v) is 2.44. The lowest BCUT2D eigenvalue weighted by Crippen LogP contribution is -2.08. The minimum atomic E-state index is -4.42. The lowest BCUT2D eigenvalue weighted by molar-refractivity contribution is -0.137. The van der Waals surface area contributed by atoms with Gasteiger partial charge < -0.3 is 4.74 Å². The van der Waals surface area contributed by atoms with E-state index in [-0.39, 0.29) is 11.1 Å². The van der Waals surface area contributed by atoms with Crippen molar-refractivity contribution in [1.82, 2.24) is 0 Å². The van der Waals surface area contributed by atoms with E-state index in [9.17, 15) is 13.2 Å². The summed E-state index contributed by atoms with van der Waals surface area (Å²) in [6.07, 6.45) is -4.42. The average Bonchev–Trinajstić information content (AvgIpc) is 2.26. The first-order valence-electron chi connectivity index (χ1n) is 4.77. The summed E-state index contributed by atoms with van der Waals surface area (Å²) in [4.78, 5) is 0. The van der Waals surface area contributed by atoms with Crippen LogP contribution in [0.25, 0.3) is 10.8 Å². The maximum Gasteiger partial charge on any atom is 0.420 e. The van der Waals surface area contributed by atoms with Gasteiger partial charge in [-0.15, -0.1) is 0 Å². The summed E-state index contributed by atoms with van der Waals surface area (Å²) in [5.41, 5.74) is -0.712. The van der Waals surface area contributed by atoms with E-state index in [2.05, 4.69) is 0 Å². The maximum atomic E-state index is 13.0. The monoisotopic (exact) mass is 352 g/mol. The SMILES string of the molecule is COc1ccc2c(I)cccc2c1C(F)(F)F. The zero-order valence-electron chi connectivity index (χ0n) is 8.81. The van der Waals surface area contributed by atoms with Crippen LogP contribution in [0.4, 0.5) is 13.2 Å². The molecule has 0 N–H and O–H groups in total. The van der Waals surface area contributed by atoms with Crippen LogP contribution >= 0.6 is 22.6 Å². The second-order valence-electron chi connectivity index (χ2n) is 3.48. The van der Waals surface area contributed by atoms with Crippen LogP contribution in [0.2, 0.25) is 0 Å². The molecule has 17 heavy (non-hydrogen) atoms. The standard InChI is InChI=1S/C12H8F3IO/c1-17-10-6-5-7-8(3-2-4-9(7)16)11(10)12(13,14)15/h2-6H,1H3. The van der Waals surface area contributed by atoms with E-state index in [0.29, 0.717) is 5.39 Å². The van der Waals surface area contributed by atoms with Crippen molar-refractivity contribution in [3.8, 4) is 5.75 Å². The van der Waals surface area contributed by atoms with Gasteiger partial charge in [0.15, 0.2) is 0 Å². The van der Waals surface area contributed by atoms with Crippen molar-refractivity contribution in [2.75, 3.05) is 7.11 Å². The van der Waals surface area contributed by atoms with Gasteiger partial charge in [-0.1, -0.05) is 12.1 Å². The molecule has 0 fully saturated rings. The van der Waals surface area contributed by atoms with Gasteiger partial charge in [-0.2, -0.15) is 13.2 Å². The number of rotatable bonds is 1. The molecule has 5 heteroatoms. The molecule has 2 aromatic rings. The Morgan fingerprint density at radius 1 is 1.06 bits per heavy atom. The first-order valence-corrected chi connectivity index (χ1v) is 5.85. The van der Waals surface area contributed by atoms with Crippen molar-refractivity contribution in [1.29, 1.82) is 0 Å². The summed E-state index contributed by atoms with van der Waals surface area (Å²) in [5, 5.41) is 0.755. The number of benzene rings is 2. The average molecular weight is 352 g/mol. The molecule has 0 aromatic heterocycles. The molecule has 2 rings (SSSR count). The Kier molecular flexibility index (Phi) is 3.20. The van der Waals surface area contributed by atoms with Gasteiger partial charge in [0.05, 0.1) is 7.11 Å². The number of hydrogen-bond donors (Lipinski definition) is 0. The van der Waals surface area contributed by atoms with Crippen molar-refractivity contribution in [3.05, 3.63) is 39.5 Å². The zero-order valence-corrected chi connectivity index (χ0v) is 11.0. The van der Waals surface area contributed by atoms with E-state index >= 15 is 0 Å². The summed E-state index contributed by atoms with van der Waals surface area (Å²) < 4.78 is 44.6. The lowest BCUT2D eigenvalue weighted by Gasteiger charge is -2.15. The highest BCUT2D eigenvalue weighted by atomic mass is 127. The highest BCUT2D eigenvalue weighted by Crippen LogP contribution is 2.41.